The summed E-state index contributed by atoms with van der Waals surface area (Å²) in [6.07, 6.45) is 4.23. The molecule has 0 aliphatic carbocycles. The molecule has 0 N–H and O–H groups in total. The van der Waals surface area contributed by atoms with Crippen LogP contribution in [0.2, 0.25) is 0 Å². The van der Waals surface area contributed by atoms with E-state index in [-0.39, 0.29) is 29.9 Å². The zero-order valence-electron chi connectivity index (χ0n) is 21.6. The second-order valence-corrected chi connectivity index (χ2v) is 9.58. The van der Waals surface area contributed by atoms with Crippen LogP contribution in [0.15, 0.2) is 78.9 Å². The fourth-order valence-corrected chi connectivity index (χ4v) is 3.59. The predicted octanol–water partition coefficient (Wildman–Crippen LogP) is 3.19. The first-order chi connectivity index (χ1) is 16.9. The monoisotopic (exact) mass is 603 g/mol. The third kappa shape index (κ3) is 11.0. The molecule has 0 saturated carbocycles. The van der Waals surface area contributed by atoms with E-state index in [2.05, 4.69) is 33.3 Å². The van der Waals surface area contributed by atoms with Gasteiger partial charge in [0.25, 0.3) is 0 Å². The van der Waals surface area contributed by atoms with Crippen LogP contribution in [0.4, 0.5) is 5.69 Å². The minimum atomic E-state index is -0.164. The number of ether oxygens (including phenoxy) is 3. The van der Waals surface area contributed by atoms with E-state index in [1.54, 1.807) is 0 Å². The fourth-order valence-electron chi connectivity index (χ4n) is 3.59. The zero-order chi connectivity index (χ0) is 24.9. The minimum absolute atomic E-state index is 0. The van der Waals surface area contributed by atoms with Gasteiger partial charge in [-0.15, -0.1) is 0 Å². The molecule has 0 saturated heterocycles. The Morgan fingerprint density at radius 3 is 1.86 bits per heavy atom. The van der Waals surface area contributed by atoms with E-state index in [0.29, 0.717) is 26.2 Å². The van der Waals surface area contributed by atoms with Gasteiger partial charge in [-0.05, 0) is 73.2 Å². The standard InChI is InChI=1S/C30H38NO4.HI/c1-31(2,3)27-15-13-25(14-16-27)23-30(32)34-22-10-5-4-9-21-33-28-17-19-29(20-18-28)35-24-26-11-7-6-8-12-26;/h6-8,11-20H,4-5,9-10,21-24H2,1-3H3;1H/q+1;/p-1. The van der Waals surface area contributed by atoms with Crippen molar-refractivity contribution in [2.45, 2.75) is 38.7 Å². The predicted molar refractivity (Wildman–Crippen MR) is 142 cm³/mol. The highest BCUT2D eigenvalue weighted by molar-refractivity contribution is 5.72. The van der Waals surface area contributed by atoms with Crippen LogP contribution in [0.25, 0.3) is 0 Å². The number of esters is 1. The van der Waals surface area contributed by atoms with Gasteiger partial charge in [0.15, 0.2) is 0 Å². The molecule has 6 heteroatoms. The molecular weight excluding hydrogens is 565 g/mol. The van der Waals surface area contributed by atoms with Gasteiger partial charge in [0.1, 0.15) is 23.8 Å². The highest BCUT2D eigenvalue weighted by Crippen LogP contribution is 2.20. The number of rotatable bonds is 14. The number of hydrogen-bond donors (Lipinski definition) is 0. The summed E-state index contributed by atoms with van der Waals surface area (Å²) in [5.74, 6) is 1.51. The van der Waals surface area contributed by atoms with Crippen molar-refractivity contribution in [1.82, 2.24) is 4.48 Å². The minimum Gasteiger partial charge on any atom is -1.00 e. The molecule has 0 atom stereocenters. The van der Waals surface area contributed by atoms with E-state index in [1.165, 1.54) is 5.69 Å². The van der Waals surface area contributed by atoms with Gasteiger partial charge in [-0.3, -0.25) is 9.28 Å². The average molecular weight is 604 g/mol. The molecule has 0 unspecified atom stereocenters. The lowest BCUT2D eigenvalue weighted by molar-refractivity contribution is -0.142. The maximum Gasteiger partial charge on any atom is 0.310 e. The van der Waals surface area contributed by atoms with E-state index in [4.69, 9.17) is 14.2 Å². The van der Waals surface area contributed by atoms with Gasteiger partial charge >= 0.3 is 5.97 Å². The summed E-state index contributed by atoms with van der Waals surface area (Å²) >= 11 is 0. The molecule has 3 aromatic carbocycles. The molecule has 3 aromatic rings. The van der Waals surface area contributed by atoms with E-state index in [9.17, 15) is 4.79 Å². The van der Waals surface area contributed by atoms with Crippen LogP contribution in [0.1, 0.15) is 36.8 Å². The highest BCUT2D eigenvalue weighted by atomic mass is 127. The van der Waals surface area contributed by atoms with Crippen LogP contribution in [-0.2, 0) is 22.6 Å². The van der Waals surface area contributed by atoms with Gasteiger partial charge in [-0.2, -0.15) is 0 Å². The molecule has 36 heavy (non-hydrogen) atoms. The van der Waals surface area contributed by atoms with Crippen molar-refractivity contribution in [3.8, 4) is 11.5 Å². The van der Waals surface area contributed by atoms with E-state index in [0.717, 1.165) is 52.8 Å². The van der Waals surface area contributed by atoms with Crippen LogP contribution in [0.3, 0.4) is 0 Å². The highest BCUT2D eigenvalue weighted by Gasteiger charge is 2.12. The summed E-state index contributed by atoms with van der Waals surface area (Å²) < 4.78 is 17.8. The summed E-state index contributed by atoms with van der Waals surface area (Å²) in [4.78, 5) is 12.1. The van der Waals surface area contributed by atoms with E-state index >= 15 is 0 Å². The van der Waals surface area contributed by atoms with E-state index in [1.807, 2.05) is 66.7 Å². The van der Waals surface area contributed by atoms with Crippen molar-refractivity contribution >= 4 is 11.7 Å². The molecule has 0 amide bonds. The first-order valence-corrected chi connectivity index (χ1v) is 12.4. The van der Waals surface area contributed by atoms with E-state index < -0.39 is 0 Å². The average Bonchev–Trinajstić information content (AvgIpc) is 2.85. The second kappa shape index (κ2) is 15.5. The molecule has 0 aromatic heterocycles. The molecule has 0 heterocycles. The maximum absolute atomic E-state index is 12.1. The van der Waals surface area contributed by atoms with Gasteiger partial charge in [-0.1, -0.05) is 42.5 Å². The summed E-state index contributed by atoms with van der Waals surface area (Å²) in [5, 5.41) is 0. The topological polar surface area (TPSA) is 44.8 Å². The van der Waals surface area contributed by atoms with Crippen LogP contribution in [0.5, 0.6) is 11.5 Å². The van der Waals surface area contributed by atoms with Crippen LogP contribution in [0, 0.1) is 0 Å². The van der Waals surface area contributed by atoms with Crippen molar-refractivity contribution in [3.63, 3.8) is 0 Å². The lowest BCUT2D eigenvalue weighted by Crippen LogP contribution is -3.00. The number of carbonyl (C=O) groups is 1. The summed E-state index contributed by atoms with van der Waals surface area (Å²) in [7, 11) is 6.36. The Bertz CT molecular complexity index is 1020. The number of halogens is 1. The molecular formula is C30H38INO4. The maximum atomic E-state index is 12.1. The van der Waals surface area contributed by atoms with Gasteiger partial charge in [0, 0.05) is 0 Å². The SMILES string of the molecule is C[N+](C)(C)c1ccc(CC(=O)OCCCCCCOc2ccc(OCc3ccccc3)cc2)cc1.[I-]. The summed E-state index contributed by atoms with van der Waals surface area (Å²) in [5.41, 5.74) is 3.34. The molecule has 0 aliphatic rings. The molecule has 0 radical (unpaired) electrons. The normalized spacial score (nSPS) is 10.9. The number of unbranched alkanes of at least 4 members (excludes halogenated alkanes) is 3. The van der Waals surface area contributed by atoms with Gasteiger partial charge < -0.3 is 38.2 Å². The molecule has 194 valence electrons. The molecule has 5 nitrogen and oxygen atoms in total. The molecule has 0 aliphatic heterocycles. The Kier molecular flexibility index (Phi) is 12.8. The van der Waals surface area contributed by atoms with Crippen molar-refractivity contribution in [2.24, 2.45) is 0 Å². The Balaban J connectivity index is 0.00000456. The lowest BCUT2D eigenvalue weighted by atomic mass is 10.1. The number of quaternary nitrogens is 1. The molecule has 0 spiro atoms. The molecule has 0 fully saturated rings. The largest absolute Gasteiger partial charge is 1.00 e. The van der Waals surface area contributed by atoms with Crippen molar-refractivity contribution in [1.29, 1.82) is 0 Å². The zero-order valence-corrected chi connectivity index (χ0v) is 23.8. The smallest absolute Gasteiger partial charge is 0.310 e. The molecule has 0 bridgehead atoms. The first kappa shape index (κ1) is 29.6. The van der Waals surface area contributed by atoms with Gasteiger partial charge in [0.05, 0.1) is 40.8 Å². The van der Waals surface area contributed by atoms with Gasteiger partial charge in [-0.25, -0.2) is 0 Å². The first-order valence-electron chi connectivity index (χ1n) is 12.4. The quantitative estimate of drug-likeness (QED) is 0.123. The summed E-state index contributed by atoms with van der Waals surface area (Å²) in [6.45, 7) is 1.70. The Morgan fingerprint density at radius 2 is 1.25 bits per heavy atom. The van der Waals surface area contributed by atoms with Crippen LogP contribution < -0.4 is 37.9 Å². The third-order valence-electron chi connectivity index (χ3n) is 5.70. The lowest BCUT2D eigenvalue weighted by Gasteiger charge is -2.23. The number of benzene rings is 3. The van der Waals surface area contributed by atoms with Crippen LogP contribution >= 0.6 is 0 Å². The Hall–Kier alpha value is -2.58. The second-order valence-electron chi connectivity index (χ2n) is 9.58. The van der Waals surface area contributed by atoms with Crippen molar-refractivity contribution in [3.05, 3.63) is 90.0 Å². The Labute approximate surface area is 233 Å². The van der Waals surface area contributed by atoms with Crippen molar-refractivity contribution < 1.29 is 43.0 Å². The third-order valence-corrected chi connectivity index (χ3v) is 5.70. The number of nitrogens with zero attached hydrogens (tertiary/aromatic N) is 1. The Morgan fingerprint density at radius 1 is 0.667 bits per heavy atom. The van der Waals surface area contributed by atoms with Crippen molar-refractivity contribution in [2.75, 3.05) is 34.4 Å². The number of hydrogen-bond acceptors (Lipinski definition) is 4. The van der Waals surface area contributed by atoms with Gasteiger partial charge in [0.2, 0.25) is 0 Å². The number of carbonyl (C=O) groups excluding carboxylic acids is 1. The summed E-state index contributed by atoms with van der Waals surface area (Å²) in [6, 6.07) is 26.0. The fraction of sp³-hybridized carbons (Fsp3) is 0.367. The van der Waals surface area contributed by atoms with Crippen LogP contribution in [-0.4, -0.2) is 40.3 Å². The molecule has 3 rings (SSSR count).